The lowest BCUT2D eigenvalue weighted by atomic mass is 10.1. The van der Waals surface area contributed by atoms with Gasteiger partial charge in [-0.2, -0.15) is 4.31 Å². The van der Waals surface area contributed by atoms with Crippen LogP contribution < -0.4 is 10.6 Å². The van der Waals surface area contributed by atoms with Crippen LogP contribution in [0.3, 0.4) is 0 Å². The highest BCUT2D eigenvalue weighted by Gasteiger charge is 2.24. The summed E-state index contributed by atoms with van der Waals surface area (Å²) in [6.45, 7) is 1.63. The summed E-state index contributed by atoms with van der Waals surface area (Å²) in [6, 6.07) is 13.5. The summed E-state index contributed by atoms with van der Waals surface area (Å²) in [7, 11) is -3.43. The van der Waals surface area contributed by atoms with Gasteiger partial charge >= 0.3 is 6.03 Å². The molecule has 29 heavy (non-hydrogen) atoms. The summed E-state index contributed by atoms with van der Waals surface area (Å²) < 4.78 is 27.2. The number of hydrogen-bond acceptors (Lipinski definition) is 3. The Morgan fingerprint density at radius 2 is 1.55 bits per heavy atom. The Bertz CT molecular complexity index is 907. The lowest BCUT2D eigenvalue weighted by molar-refractivity contribution is 0.252. The van der Waals surface area contributed by atoms with E-state index in [0.717, 1.165) is 31.2 Å². The summed E-state index contributed by atoms with van der Waals surface area (Å²) in [5.74, 6) is 0. The van der Waals surface area contributed by atoms with Gasteiger partial charge in [-0.05, 0) is 61.2 Å². The minimum atomic E-state index is -3.43. The fraction of sp³-hybridized carbons (Fsp3) is 0.381. The molecule has 0 aliphatic carbocycles. The average Bonchev–Trinajstić information content (AvgIpc) is 3.00. The predicted molar refractivity (Wildman–Crippen MR) is 116 cm³/mol. The van der Waals surface area contributed by atoms with Crippen molar-refractivity contribution in [2.24, 2.45) is 0 Å². The van der Waals surface area contributed by atoms with Crippen LogP contribution in [0.5, 0.6) is 0 Å². The van der Waals surface area contributed by atoms with Crippen LogP contribution in [0.15, 0.2) is 53.4 Å². The Morgan fingerprint density at radius 3 is 2.17 bits per heavy atom. The molecule has 156 valence electrons. The van der Waals surface area contributed by atoms with E-state index in [1.165, 1.54) is 0 Å². The molecule has 2 N–H and O–H groups in total. The minimum absolute atomic E-state index is 0.298. The highest BCUT2D eigenvalue weighted by Crippen LogP contribution is 2.20. The molecule has 0 atom stereocenters. The van der Waals surface area contributed by atoms with E-state index in [9.17, 15) is 13.2 Å². The molecular formula is C21H26ClN3O3S. The van der Waals surface area contributed by atoms with Gasteiger partial charge < -0.3 is 10.6 Å². The Kier molecular flexibility index (Phi) is 7.52. The van der Waals surface area contributed by atoms with Crippen LogP contribution in [-0.2, 0) is 16.4 Å². The first-order chi connectivity index (χ1) is 13.9. The van der Waals surface area contributed by atoms with Gasteiger partial charge in [0.1, 0.15) is 0 Å². The van der Waals surface area contributed by atoms with E-state index >= 15 is 0 Å². The van der Waals surface area contributed by atoms with Crippen molar-refractivity contribution in [3.8, 4) is 0 Å². The molecule has 0 bridgehead atoms. The first-order valence-corrected chi connectivity index (χ1v) is 11.7. The maximum atomic E-state index is 12.8. The smallest absolute Gasteiger partial charge is 0.319 e. The molecule has 0 spiro atoms. The third kappa shape index (κ3) is 6.19. The van der Waals surface area contributed by atoms with Crippen LogP contribution in [0.2, 0.25) is 5.02 Å². The Morgan fingerprint density at radius 1 is 0.931 bits per heavy atom. The number of benzene rings is 2. The first-order valence-electron chi connectivity index (χ1n) is 9.85. The highest BCUT2D eigenvalue weighted by atomic mass is 35.5. The van der Waals surface area contributed by atoms with Crippen molar-refractivity contribution in [1.29, 1.82) is 0 Å². The quantitative estimate of drug-likeness (QED) is 0.711. The lowest BCUT2D eigenvalue weighted by Gasteiger charge is -2.20. The van der Waals surface area contributed by atoms with E-state index in [1.807, 2.05) is 12.1 Å². The predicted octanol–water partition coefficient (Wildman–Crippen LogP) is 4.27. The van der Waals surface area contributed by atoms with E-state index in [-0.39, 0.29) is 6.03 Å². The molecule has 1 fully saturated rings. The molecule has 2 amide bonds. The second-order valence-electron chi connectivity index (χ2n) is 7.10. The summed E-state index contributed by atoms with van der Waals surface area (Å²) in [5, 5.41) is 6.13. The third-order valence-corrected chi connectivity index (χ3v) is 7.09. The van der Waals surface area contributed by atoms with Crippen LogP contribution in [0, 0.1) is 0 Å². The normalized spacial score (nSPS) is 15.5. The van der Waals surface area contributed by atoms with Crippen molar-refractivity contribution in [2.45, 2.75) is 37.0 Å². The van der Waals surface area contributed by atoms with Crippen LogP contribution in [0.25, 0.3) is 0 Å². The largest absolute Gasteiger partial charge is 0.338 e. The number of urea groups is 1. The van der Waals surface area contributed by atoms with Gasteiger partial charge in [-0.15, -0.1) is 0 Å². The summed E-state index contributed by atoms with van der Waals surface area (Å²) in [5.41, 5.74) is 1.63. The second kappa shape index (κ2) is 10.1. The SMILES string of the molecule is O=C(NCCc1ccc(S(=O)(=O)N2CCCCCC2)cc1)Nc1ccc(Cl)cc1. The van der Waals surface area contributed by atoms with Crippen LogP contribution >= 0.6 is 11.6 Å². The maximum Gasteiger partial charge on any atom is 0.319 e. The standard InChI is InChI=1S/C21H26ClN3O3S/c22-18-7-9-19(10-8-18)24-21(26)23-14-13-17-5-11-20(12-6-17)29(27,28)25-15-3-1-2-4-16-25/h5-12H,1-4,13-16H2,(H2,23,24,26). The van der Waals surface area contributed by atoms with Gasteiger partial charge in [0, 0.05) is 30.3 Å². The van der Waals surface area contributed by atoms with Gasteiger partial charge in [-0.25, -0.2) is 13.2 Å². The maximum absolute atomic E-state index is 12.8. The molecule has 6 nitrogen and oxygen atoms in total. The Balaban J connectivity index is 1.50. The lowest BCUT2D eigenvalue weighted by Crippen LogP contribution is -2.32. The zero-order chi connectivity index (χ0) is 20.7. The number of hydrogen-bond donors (Lipinski definition) is 2. The molecule has 2 aromatic carbocycles. The Labute approximate surface area is 177 Å². The molecular weight excluding hydrogens is 410 g/mol. The van der Waals surface area contributed by atoms with Crippen LogP contribution in [0.1, 0.15) is 31.2 Å². The minimum Gasteiger partial charge on any atom is -0.338 e. The number of anilines is 1. The number of nitrogens with one attached hydrogen (secondary N) is 2. The van der Waals surface area contributed by atoms with Crippen LogP contribution in [-0.4, -0.2) is 38.4 Å². The monoisotopic (exact) mass is 435 g/mol. The zero-order valence-corrected chi connectivity index (χ0v) is 17.8. The number of carbonyl (C=O) groups excluding carboxylic acids is 1. The topological polar surface area (TPSA) is 78.5 Å². The van der Waals surface area contributed by atoms with E-state index in [4.69, 9.17) is 11.6 Å². The third-order valence-electron chi connectivity index (χ3n) is 4.93. The van der Waals surface area contributed by atoms with Gasteiger partial charge in [0.2, 0.25) is 10.0 Å². The fourth-order valence-electron chi connectivity index (χ4n) is 3.29. The summed E-state index contributed by atoms with van der Waals surface area (Å²) in [4.78, 5) is 12.3. The summed E-state index contributed by atoms with van der Waals surface area (Å²) >= 11 is 5.82. The molecule has 0 radical (unpaired) electrons. The number of rotatable bonds is 6. The number of carbonyl (C=O) groups is 1. The van der Waals surface area contributed by atoms with E-state index in [2.05, 4.69) is 10.6 Å². The van der Waals surface area contributed by atoms with Crippen molar-refractivity contribution in [3.05, 3.63) is 59.1 Å². The molecule has 1 saturated heterocycles. The molecule has 2 aromatic rings. The average molecular weight is 436 g/mol. The Hall–Kier alpha value is -2.09. The van der Waals surface area contributed by atoms with E-state index in [0.29, 0.717) is 41.7 Å². The number of halogens is 1. The van der Waals surface area contributed by atoms with Gasteiger partial charge in [-0.3, -0.25) is 0 Å². The molecule has 3 rings (SSSR count). The van der Waals surface area contributed by atoms with Crippen molar-refractivity contribution in [3.63, 3.8) is 0 Å². The molecule has 0 aromatic heterocycles. The first kappa shape index (κ1) is 21.6. The van der Waals surface area contributed by atoms with Crippen LogP contribution in [0.4, 0.5) is 10.5 Å². The number of sulfonamides is 1. The molecule has 1 aliphatic rings. The van der Waals surface area contributed by atoms with Gasteiger partial charge in [0.05, 0.1) is 4.90 Å². The second-order valence-corrected chi connectivity index (χ2v) is 9.47. The molecule has 8 heteroatoms. The van der Waals surface area contributed by atoms with Gasteiger partial charge in [0.25, 0.3) is 0 Å². The van der Waals surface area contributed by atoms with E-state index < -0.39 is 10.0 Å². The molecule has 0 saturated carbocycles. The molecule has 1 heterocycles. The molecule has 0 unspecified atom stereocenters. The fourth-order valence-corrected chi connectivity index (χ4v) is 4.93. The van der Waals surface area contributed by atoms with Gasteiger partial charge in [-0.1, -0.05) is 36.6 Å². The molecule has 1 aliphatic heterocycles. The van der Waals surface area contributed by atoms with Crippen molar-refractivity contribution in [1.82, 2.24) is 9.62 Å². The zero-order valence-electron chi connectivity index (χ0n) is 16.2. The van der Waals surface area contributed by atoms with Gasteiger partial charge in [0.15, 0.2) is 0 Å². The highest BCUT2D eigenvalue weighted by molar-refractivity contribution is 7.89. The van der Waals surface area contributed by atoms with Crippen molar-refractivity contribution in [2.75, 3.05) is 25.0 Å². The number of amides is 2. The van der Waals surface area contributed by atoms with Crippen molar-refractivity contribution >= 4 is 33.3 Å². The number of nitrogens with zero attached hydrogens (tertiary/aromatic N) is 1. The van der Waals surface area contributed by atoms with Crippen molar-refractivity contribution < 1.29 is 13.2 Å². The van der Waals surface area contributed by atoms with E-state index in [1.54, 1.807) is 40.7 Å². The summed E-state index contributed by atoms with van der Waals surface area (Å²) in [6.07, 6.45) is 4.62.